The van der Waals surface area contributed by atoms with Gasteiger partial charge < -0.3 is 0 Å². The molecule has 0 bridgehead atoms. The number of carbonyl (C=O) groups excluding carboxylic acids is 1. The molecular formula is C11H12BrNO3S. The third-order valence-electron chi connectivity index (χ3n) is 2.70. The second kappa shape index (κ2) is 4.78. The number of alkyl halides is 1. The minimum atomic E-state index is -3.64. The van der Waals surface area contributed by atoms with Crippen LogP contribution in [0.5, 0.6) is 0 Å². The summed E-state index contributed by atoms with van der Waals surface area (Å²) in [7, 11) is -3.64. The molecule has 0 N–H and O–H groups in total. The molecule has 1 aliphatic heterocycles. The predicted octanol–water partition coefficient (Wildman–Crippen LogP) is 1.89. The van der Waals surface area contributed by atoms with Gasteiger partial charge in [-0.25, -0.2) is 12.7 Å². The Morgan fingerprint density at radius 2 is 1.88 bits per heavy atom. The minimum Gasteiger partial charge on any atom is -0.274 e. The fraction of sp³-hybridized carbons (Fsp3) is 0.364. The lowest BCUT2D eigenvalue weighted by Crippen LogP contribution is -2.31. The van der Waals surface area contributed by atoms with Crippen LogP contribution in [0.25, 0.3) is 0 Å². The highest BCUT2D eigenvalue weighted by molar-refractivity contribution is 9.08. The monoisotopic (exact) mass is 317 g/mol. The van der Waals surface area contributed by atoms with Crippen molar-refractivity contribution in [1.82, 2.24) is 4.31 Å². The highest BCUT2D eigenvalue weighted by Gasteiger charge is 2.32. The molecule has 17 heavy (non-hydrogen) atoms. The van der Waals surface area contributed by atoms with E-state index in [-0.39, 0.29) is 10.8 Å². The number of benzene rings is 1. The van der Waals surface area contributed by atoms with Crippen LogP contribution in [0, 0.1) is 0 Å². The Kier molecular flexibility index (Phi) is 3.53. The van der Waals surface area contributed by atoms with Crippen molar-refractivity contribution in [1.29, 1.82) is 0 Å². The van der Waals surface area contributed by atoms with Gasteiger partial charge in [0.25, 0.3) is 10.0 Å². The van der Waals surface area contributed by atoms with Crippen molar-refractivity contribution in [2.75, 3.05) is 6.54 Å². The first kappa shape index (κ1) is 12.6. The SMILES string of the molecule is O=C1CCCN1S(=O)(=O)c1ccc(CBr)cc1. The summed E-state index contributed by atoms with van der Waals surface area (Å²) in [6, 6.07) is 6.55. The number of hydrogen-bond donors (Lipinski definition) is 0. The van der Waals surface area contributed by atoms with Crippen LogP contribution in [0.2, 0.25) is 0 Å². The van der Waals surface area contributed by atoms with Crippen LogP contribution in [0.3, 0.4) is 0 Å². The van der Waals surface area contributed by atoms with Crippen LogP contribution in [0.1, 0.15) is 18.4 Å². The lowest BCUT2D eigenvalue weighted by Gasteiger charge is -2.16. The van der Waals surface area contributed by atoms with Crippen molar-refractivity contribution in [3.05, 3.63) is 29.8 Å². The van der Waals surface area contributed by atoms with Gasteiger partial charge in [0.05, 0.1) is 4.90 Å². The molecule has 1 heterocycles. The molecule has 1 saturated heterocycles. The maximum absolute atomic E-state index is 12.1. The summed E-state index contributed by atoms with van der Waals surface area (Å²) in [4.78, 5) is 11.6. The molecule has 1 amide bonds. The lowest BCUT2D eigenvalue weighted by molar-refractivity contribution is -0.123. The summed E-state index contributed by atoms with van der Waals surface area (Å²) in [6.07, 6.45) is 0.927. The van der Waals surface area contributed by atoms with Gasteiger partial charge in [0.1, 0.15) is 0 Å². The average molecular weight is 318 g/mol. The molecule has 0 atom stereocenters. The number of halogens is 1. The number of sulfonamides is 1. The standard InChI is InChI=1S/C11H12BrNO3S/c12-8-9-3-5-10(6-4-9)17(15,16)13-7-1-2-11(13)14/h3-6H,1-2,7-8H2. The van der Waals surface area contributed by atoms with Gasteiger partial charge in [0.2, 0.25) is 5.91 Å². The molecule has 0 saturated carbocycles. The van der Waals surface area contributed by atoms with Gasteiger partial charge in [0.15, 0.2) is 0 Å². The van der Waals surface area contributed by atoms with Crippen LogP contribution < -0.4 is 0 Å². The van der Waals surface area contributed by atoms with E-state index in [1.807, 2.05) is 0 Å². The molecule has 0 aromatic heterocycles. The van der Waals surface area contributed by atoms with Crippen molar-refractivity contribution in [3.63, 3.8) is 0 Å². The maximum Gasteiger partial charge on any atom is 0.266 e. The summed E-state index contributed by atoms with van der Waals surface area (Å²) in [5.41, 5.74) is 0.997. The van der Waals surface area contributed by atoms with E-state index in [0.717, 1.165) is 9.87 Å². The molecule has 0 aliphatic carbocycles. The van der Waals surface area contributed by atoms with Gasteiger partial charge in [-0.1, -0.05) is 28.1 Å². The molecule has 2 rings (SSSR count). The summed E-state index contributed by atoms with van der Waals surface area (Å²) in [5, 5.41) is 0.677. The summed E-state index contributed by atoms with van der Waals surface area (Å²) in [5.74, 6) is -0.311. The number of amides is 1. The van der Waals surface area contributed by atoms with Gasteiger partial charge in [-0.05, 0) is 24.1 Å². The Hall–Kier alpha value is -0.880. The zero-order valence-corrected chi connectivity index (χ0v) is 11.5. The van der Waals surface area contributed by atoms with Gasteiger partial charge in [0, 0.05) is 18.3 Å². The van der Waals surface area contributed by atoms with Crippen molar-refractivity contribution in [3.8, 4) is 0 Å². The quantitative estimate of drug-likeness (QED) is 0.800. The number of nitrogens with zero attached hydrogens (tertiary/aromatic N) is 1. The Balaban J connectivity index is 2.34. The van der Waals surface area contributed by atoms with Gasteiger partial charge in [-0.2, -0.15) is 0 Å². The summed E-state index contributed by atoms with van der Waals surface area (Å²) < 4.78 is 25.2. The zero-order valence-electron chi connectivity index (χ0n) is 9.10. The first-order valence-corrected chi connectivity index (χ1v) is 7.82. The Labute approximate surface area is 109 Å². The van der Waals surface area contributed by atoms with Crippen molar-refractivity contribution >= 4 is 31.9 Å². The first-order valence-electron chi connectivity index (χ1n) is 5.26. The van der Waals surface area contributed by atoms with Crippen molar-refractivity contribution in [2.45, 2.75) is 23.1 Å². The fourth-order valence-corrected chi connectivity index (χ4v) is 3.59. The molecule has 92 valence electrons. The highest BCUT2D eigenvalue weighted by Crippen LogP contribution is 2.22. The summed E-state index contributed by atoms with van der Waals surface area (Å²) >= 11 is 3.29. The molecule has 1 aromatic rings. The van der Waals surface area contributed by atoms with E-state index in [4.69, 9.17) is 0 Å². The molecular weight excluding hydrogens is 306 g/mol. The van der Waals surface area contributed by atoms with Crippen LogP contribution in [-0.2, 0) is 20.1 Å². The van der Waals surface area contributed by atoms with Crippen molar-refractivity contribution < 1.29 is 13.2 Å². The molecule has 1 aromatic carbocycles. The van der Waals surface area contributed by atoms with Gasteiger partial charge in [-0.3, -0.25) is 4.79 Å². The molecule has 6 heteroatoms. The van der Waals surface area contributed by atoms with E-state index in [2.05, 4.69) is 15.9 Å². The predicted molar refractivity (Wildman–Crippen MR) is 67.2 cm³/mol. The average Bonchev–Trinajstić information content (AvgIpc) is 2.76. The Morgan fingerprint density at radius 3 is 2.35 bits per heavy atom. The third kappa shape index (κ3) is 2.37. The van der Waals surface area contributed by atoms with Gasteiger partial charge in [-0.15, -0.1) is 0 Å². The molecule has 4 nitrogen and oxygen atoms in total. The van der Waals surface area contributed by atoms with E-state index in [0.29, 0.717) is 24.7 Å². The highest BCUT2D eigenvalue weighted by atomic mass is 79.9. The number of carbonyl (C=O) groups is 1. The van der Waals surface area contributed by atoms with E-state index < -0.39 is 10.0 Å². The molecule has 0 spiro atoms. The number of hydrogen-bond acceptors (Lipinski definition) is 3. The second-order valence-corrected chi connectivity index (χ2v) is 6.28. The molecule has 0 radical (unpaired) electrons. The number of rotatable bonds is 3. The Morgan fingerprint density at radius 1 is 1.24 bits per heavy atom. The molecule has 1 fully saturated rings. The van der Waals surface area contributed by atoms with E-state index >= 15 is 0 Å². The van der Waals surface area contributed by atoms with E-state index in [1.54, 1.807) is 12.1 Å². The minimum absolute atomic E-state index is 0.178. The van der Waals surface area contributed by atoms with Crippen LogP contribution in [-0.4, -0.2) is 25.2 Å². The largest absolute Gasteiger partial charge is 0.274 e. The van der Waals surface area contributed by atoms with E-state index in [1.165, 1.54) is 12.1 Å². The zero-order chi connectivity index (χ0) is 12.5. The topological polar surface area (TPSA) is 54.5 Å². The lowest BCUT2D eigenvalue weighted by atomic mass is 10.2. The third-order valence-corrected chi connectivity index (χ3v) is 5.18. The summed E-state index contributed by atoms with van der Waals surface area (Å²) in [6.45, 7) is 0.293. The van der Waals surface area contributed by atoms with Crippen LogP contribution >= 0.6 is 15.9 Å². The second-order valence-electron chi connectivity index (χ2n) is 3.85. The van der Waals surface area contributed by atoms with Crippen LogP contribution in [0.4, 0.5) is 0 Å². The first-order chi connectivity index (χ1) is 8.05. The van der Waals surface area contributed by atoms with Crippen LogP contribution in [0.15, 0.2) is 29.2 Å². The van der Waals surface area contributed by atoms with Gasteiger partial charge >= 0.3 is 0 Å². The fourth-order valence-electron chi connectivity index (χ4n) is 1.76. The van der Waals surface area contributed by atoms with Crippen molar-refractivity contribution in [2.24, 2.45) is 0 Å². The Bertz CT molecular complexity index is 524. The smallest absolute Gasteiger partial charge is 0.266 e. The molecule has 0 unspecified atom stereocenters. The molecule has 1 aliphatic rings. The van der Waals surface area contributed by atoms with E-state index in [9.17, 15) is 13.2 Å². The maximum atomic E-state index is 12.1. The normalized spacial score (nSPS) is 16.5.